The second kappa shape index (κ2) is 5.88. The number of amides is 2. The summed E-state index contributed by atoms with van der Waals surface area (Å²) in [5.41, 5.74) is 4.73. The third-order valence-corrected chi connectivity index (χ3v) is 6.13. The van der Waals surface area contributed by atoms with Crippen LogP contribution >= 0.6 is 11.3 Å². The lowest BCUT2D eigenvalue weighted by Gasteiger charge is -2.12. The highest BCUT2D eigenvalue weighted by atomic mass is 32.1. The second-order valence-electron chi connectivity index (χ2n) is 6.62. The smallest absolute Gasteiger partial charge is 0.261 e. The summed E-state index contributed by atoms with van der Waals surface area (Å²) in [6, 6.07) is 15.4. The number of carbonyl (C=O) groups excluding carboxylic acids is 2. The lowest BCUT2D eigenvalue weighted by atomic mass is 10.1. The number of rotatable bonds is 4. The van der Waals surface area contributed by atoms with Crippen molar-refractivity contribution < 1.29 is 9.59 Å². The lowest BCUT2D eigenvalue weighted by Crippen LogP contribution is -2.30. The molecule has 5 rings (SSSR count). The van der Waals surface area contributed by atoms with E-state index >= 15 is 0 Å². The molecule has 0 unspecified atom stereocenters. The second-order valence-corrected chi connectivity index (χ2v) is 7.79. The van der Waals surface area contributed by atoms with Gasteiger partial charge in [-0.25, -0.2) is 4.98 Å². The zero-order valence-electron chi connectivity index (χ0n) is 14.1. The Morgan fingerprint density at radius 3 is 2.31 bits per heavy atom. The molecule has 0 atom stereocenters. The first-order chi connectivity index (χ1) is 12.7. The first kappa shape index (κ1) is 15.5. The standard InChI is InChI=1S/C21H16N2O2S/c24-20-15-8-3-4-9-16(15)21(25)23(20)11-5-10-18-22-19-14-7-2-1-6-13(14)12-17(19)26-18/h1-4,6-9H,5,10-12H2. The number of fused-ring (bicyclic) bond motifs is 4. The van der Waals surface area contributed by atoms with Crippen molar-refractivity contribution in [1.29, 1.82) is 0 Å². The maximum Gasteiger partial charge on any atom is 0.261 e. The molecule has 0 saturated carbocycles. The Morgan fingerprint density at radius 2 is 1.58 bits per heavy atom. The fraction of sp³-hybridized carbons (Fsp3) is 0.190. The predicted octanol–water partition coefficient (Wildman–Crippen LogP) is 3.94. The maximum atomic E-state index is 12.4. The molecular formula is C21H16N2O2S. The molecule has 0 radical (unpaired) electrons. The highest BCUT2D eigenvalue weighted by Crippen LogP contribution is 2.39. The van der Waals surface area contributed by atoms with Gasteiger partial charge in [0.1, 0.15) is 0 Å². The van der Waals surface area contributed by atoms with Gasteiger partial charge in [-0.05, 0) is 24.1 Å². The molecule has 4 nitrogen and oxygen atoms in total. The molecule has 0 saturated heterocycles. The highest BCUT2D eigenvalue weighted by molar-refractivity contribution is 7.12. The van der Waals surface area contributed by atoms with Gasteiger partial charge in [-0.1, -0.05) is 36.4 Å². The number of thiazole rings is 1. The Kier molecular flexibility index (Phi) is 3.50. The van der Waals surface area contributed by atoms with Crippen molar-refractivity contribution in [2.24, 2.45) is 0 Å². The molecule has 0 fully saturated rings. The normalized spacial score (nSPS) is 14.5. The van der Waals surface area contributed by atoms with Gasteiger partial charge in [0.25, 0.3) is 11.8 Å². The van der Waals surface area contributed by atoms with Crippen LogP contribution in [0.15, 0.2) is 48.5 Å². The summed E-state index contributed by atoms with van der Waals surface area (Å²) in [7, 11) is 0. The van der Waals surface area contributed by atoms with Gasteiger partial charge < -0.3 is 0 Å². The van der Waals surface area contributed by atoms with Crippen LogP contribution in [0.4, 0.5) is 0 Å². The van der Waals surface area contributed by atoms with Crippen molar-refractivity contribution in [3.8, 4) is 11.3 Å². The van der Waals surface area contributed by atoms with Crippen LogP contribution in [0.25, 0.3) is 11.3 Å². The van der Waals surface area contributed by atoms with E-state index in [1.807, 2.05) is 0 Å². The van der Waals surface area contributed by atoms with Crippen LogP contribution < -0.4 is 0 Å². The van der Waals surface area contributed by atoms with E-state index < -0.39 is 0 Å². The Balaban J connectivity index is 1.27. The van der Waals surface area contributed by atoms with Crippen molar-refractivity contribution in [3.63, 3.8) is 0 Å². The highest BCUT2D eigenvalue weighted by Gasteiger charge is 2.34. The number of nitrogens with zero attached hydrogens (tertiary/aromatic N) is 2. The van der Waals surface area contributed by atoms with Crippen molar-refractivity contribution in [2.75, 3.05) is 6.54 Å². The largest absolute Gasteiger partial charge is 0.274 e. The van der Waals surface area contributed by atoms with E-state index in [1.165, 1.54) is 20.9 Å². The van der Waals surface area contributed by atoms with E-state index in [-0.39, 0.29) is 11.8 Å². The van der Waals surface area contributed by atoms with E-state index in [4.69, 9.17) is 4.98 Å². The minimum atomic E-state index is -0.179. The van der Waals surface area contributed by atoms with E-state index in [9.17, 15) is 9.59 Å². The minimum Gasteiger partial charge on any atom is -0.274 e. The number of hydrogen-bond donors (Lipinski definition) is 0. The molecule has 5 heteroatoms. The molecular weight excluding hydrogens is 344 g/mol. The van der Waals surface area contributed by atoms with Crippen LogP contribution in [-0.2, 0) is 12.8 Å². The molecule has 1 aromatic heterocycles. The van der Waals surface area contributed by atoms with Gasteiger partial charge in [0.05, 0.1) is 21.8 Å². The fourth-order valence-electron chi connectivity index (χ4n) is 3.75. The molecule has 2 aromatic carbocycles. The first-order valence-corrected chi connectivity index (χ1v) is 9.56. The topological polar surface area (TPSA) is 50.3 Å². The predicted molar refractivity (Wildman–Crippen MR) is 100 cm³/mol. The first-order valence-electron chi connectivity index (χ1n) is 8.74. The van der Waals surface area contributed by atoms with Gasteiger partial charge in [0, 0.05) is 29.8 Å². The fourth-order valence-corrected chi connectivity index (χ4v) is 4.89. The molecule has 1 aliphatic heterocycles. The molecule has 0 spiro atoms. The number of imide groups is 1. The van der Waals surface area contributed by atoms with E-state index in [1.54, 1.807) is 35.6 Å². The summed E-state index contributed by atoms with van der Waals surface area (Å²) in [5, 5.41) is 1.08. The number of aryl methyl sites for hydroxylation is 1. The van der Waals surface area contributed by atoms with Crippen LogP contribution in [0.2, 0.25) is 0 Å². The molecule has 2 amide bonds. The quantitative estimate of drug-likeness (QED) is 0.518. The molecule has 1 aliphatic carbocycles. The third kappa shape index (κ3) is 2.31. The molecule has 0 N–H and O–H groups in total. The van der Waals surface area contributed by atoms with Gasteiger partial charge in [-0.2, -0.15) is 0 Å². The number of hydrogen-bond acceptors (Lipinski definition) is 4. The summed E-state index contributed by atoms with van der Waals surface area (Å²) in [6.45, 7) is 0.438. The summed E-state index contributed by atoms with van der Waals surface area (Å²) in [6.07, 6.45) is 2.48. The van der Waals surface area contributed by atoms with Crippen LogP contribution in [0.5, 0.6) is 0 Å². The summed E-state index contributed by atoms with van der Waals surface area (Å²) >= 11 is 1.75. The summed E-state index contributed by atoms with van der Waals surface area (Å²) in [5.74, 6) is -0.359. The summed E-state index contributed by atoms with van der Waals surface area (Å²) in [4.78, 5) is 32.3. The Bertz CT molecular complexity index is 1020. The monoisotopic (exact) mass is 360 g/mol. The van der Waals surface area contributed by atoms with Gasteiger partial charge in [-0.3, -0.25) is 14.5 Å². The number of carbonyl (C=O) groups is 2. The Labute approximate surface area is 155 Å². The van der Waals surface area contributed by atoms with Crippen molar-refractivity contribution in [3.05, 3.63) is 75.1 Å². The third-order valence-electron chi connectivity index (χ3n) is 5.02. The van der Waals surface area contributed by atoms with Crippen molar-refractivity contribution in [1.82, 2.24) is 9.88 Å². The maximum absolute atomic E-state index is 12.4. The van der Waals surface area contributed by atoms with E-state index in [2.05, 4.69) is 24.3 Å². The van der Waals surface area contributed by atoms with Gasteiger partial charge in [0.15, 0.2) is 0 Å². The average molecular weight is 360 g/mol. The van der Waals surface area contributed by atoms with E-state index in [0.29, 0.717) is 17.7 Å². The Hall–Kier alpha value is -2.79. The molecule has 3 aromatic rings. The van der Waals surface area contributed by atoms with Gasteiger partial charge >= 0.3 is 0 Å². The SMILES string of the molecule is O=C1c2ccccc2C(=O)N1CCCc1nc2c(s1)Cc1ccccc1-2. The van der Waals surface area contributed by atoms with Crippen LogP contribution in [0.1, 0.15) is 42.6 Å². The van der Waals surface area contributed by atoms with Crippen LogP contribution in [0.3, 0.4) is 0 Å². The number of aromatic nitrogens is 1. The molecule has 26 heavy (non-hydrogen) atoms. The molecule has 2 heterocycles. The van der Waals surface area contributed by atoms with Gasteiger partial charge in [0.2, 0.25) is 0 Å². The van der Waals surface area contributed by atoms with E-state index in [0.717, 1.165) is 30.0 Å². The zero-order chi connectivity index (χ0) is 17.7. The summed E-state index contributed by atoms with van der Waals surface area (Å²) < 4.78 is 0. The minimum absolute atomic E-state index is 0.179. The van der Waals surface area contributed by atoms with Crippen molar-refractivity contribution >= 4 is 23.2 Å². The van der Waals surface area contributed by atoms with Crippen LogP contribution in [-0.4, -0.2) is 28.2 Å². The zero-order valence-corrected chi connectivity index (χ0v) is 14.9. The van der Waals surface area contributed by atoms with Crippen molar-refractivity contribution in [2.45, 2.75) is 19.3 Å². The lowest BCUT2D eigenvalue weighted by molar-refractivity contribution is 0.0652. The molecule has 2 aliphatic rings. The van der Waals surface area contributed by atoms with Crippen LogP contribution in [0, 0.1) is 0 Å². The Morgan fingerprint density at radius 1 is 0.923 bits per heavy atom. The molecule has 0 bridgehead atoms. The molecule has 128 valence electrons. The average Bonchev–Trinajstić information content (AvgIpc) is 3.28. The van der Waals surface area contributed by atoms with Gasteiger partial charge in [-0.15, -0.1) is 11.3 Å². The number of benzene rings is 2.